The molecular formula is C19H15ClN4O3. The monoisotopic (exact) mass is 382 g/mol. The Morgan fingerprint density at radius 3 is 2.48 bits per heavy atom. The van der Waals surface area contributed by atoms with Crippen LogP contribution in [0.1, 0.15) is 20.8 Å². The number of anilines is 3. The van der Waals surface area contributed by atoms with Gasteiger partial charge in [0.2, 0.25) is 5.95 Å². The number of benzene rings is 2. The van der Waals surface area contributed by atoms with Gasteiger partial charge < -0.3 is 15.4 Å². The van der Waals surface area contributed by atoms with Gasteiger partial charge in [-0.3, -0.25) is 4.79 Å². The first-order valence-corrected chi connectivity index (χ1v) is 8.29. The van der Waals surface area contributed by atoms with Gasteiger partial charge in [0.1, 0.15) is 5.69 Å². The van der Waals surface area contributed by atoms with Crippen LogP contribution in [0.3, 0.4) is 0 Å². The van der Waals surface area contributed by atoms with E-state index in [0.29, 0.717) is 22.0 Å². The SMILES string of the molecule is COC(=O)c1ccc(NC(=O)c2ccnc(Nc3ccccc3Cl)n2)cc1. The van der Waals surface area contributed by atoms with Crippen LogP contribution in [0.15, 0.2) is 60.8 Å². The minimum atomic E-state index is -0.445. The molecule has 2 N–H and O–H groups in total. The summed E-state index contributed by atoms with van der Waals surface area (Å²) in [5.41, 5.74) is 1.72. The maximum absolute atomic E-state index is 12.4. The second-order valence-electron chi connectivity index (χ2n) is 5.39. The van der Waals surface area contributed by atoms with E-state index in [0.717, 1.165) is 0 Å². The predicted octanol–water partition coefficient (Wildman–Crippen LogP) is 3.91. The molecule has 2 aromatic carbocycles. The van der Waals surface area contributed by atoms with Gasteiger partial charge in [0.15, 0.2) is 0 Å². The summed E-state index contributed by atoms with van der Waals surface area (Å²) < 4.78 is 4.64. The van der Waals surface area contributed by atoms with Gasteiger partial charge in [-0.05, 0) is 42.5 Å². The van der Waals surface area contributed by atoms with Gasteiger partial charge in [0.05, 0.1) is 23.4 Å². The number of aromatic nitrogens is 2. The first kappa shape index (κ1) is 18.3. The van der Waals surface area contributed by atoms with Crippen molar-refractivity contribution in [3.8, 4) is 0 Å². The van der Waals surface area contributed by atoms with Gasteiger partial charge in [-0.15, -0.1) is 0 Å². The second-order valence-corrected chi connectivity index (χ2v) is 5.80. The Labute approximate surface area is 160 Å². The van der Waals surface area contributed by atoms with Crippen molar-refractivity contribution in [1.82, 2.24) is 9.97 Å². The smallest absolute Gasteiger partial charge is 0.337 e. The molecule has 1 aromatic heterocycles. The van der Waals surface area contributed by atoms with Gasteiger partial charge in [0.25, 0.3) is 5.91 Å². The van der Waals surface area contributed by atoms with E-state index < -0.39 is 11.9 Å². The molecule has 0 aliphatic carbocycles. The lowest BCUT2D eigenvalue weighted by Gasteiger charge is -2.08. The summed E-state index contributed by atoms with van der Waals surface area (Å²) in [4.78, 5) is 32.1. The fourth-order valence-corrected chi connectivity index (χ4v) is 2.41. The molecule has 0 radical (unpaired) electrons. The standard InChI is InChI=1S/C19H15ClN4O3/c1-27-18(26)12-6-8-13(9-7-12)22-17(25)16-10-11-21-19(24-16)23-15-5-3-2-4-14(15)20/h2-11H,1H3,(H,22,25)(H,21,23,24). The number of ether oxygens (including phenoxy) is 1. The predicted molar refractivity (Wildman–Crippen MR) is 103 cm³/mol. The number of methoxy groups -OCH3 is 1. The van der Waals surface area contributed by atoms with Crippen LogP contribution in [-0.4, -0.2) is 29.0 Å². The fourth-order valence-electron chi connectivity index (χ4n) is 2.23. The summed E-state index contributed by atoms with van der Waals surface area (Å²) in [6.45, 7) is 0. The minimum absolute atomic E-state index is 0.177. The maximum atomic E-state index is 12.4. The molecular weight excluding hydrogens is 368 g/mol. The topological polar surface area (TPSA) is 93.2 Å². The Morgan fingerprint density at radius 2 is 1.78 bits per heavy atom. The number of hydrogen-bond acceptors (Lipinski definition) is 6. The van der Waals surface area contributed by atoms with Gasteiger partial charge in [0, 0.05) is 11.9 Å². The molecule has 0 bridgehead atoms. The number of rotatable bonds is 5. The Morgan fingerprint density at radius 1 is 1.04 bits per heavy atom. The first-order chi connectivity index (χ1) is 13.1. The first-order valence-electron chi connectivity index (χ1n) is 7.91. The van der Waals surface area contributed by atoms with Crippen LogP contribution in [0.2, 0.25) is 5.02 Å². The summed E-state index contributed by atoms with van der Waals surface area (Å²) in [6.07, 6.45) is 1.47. The van der Waals surface area contributed by atoms with Crippen molar-refractivity contribution in [2.75, 3.05) is 17.7 Å². The van der Waals surface area contributed by atoms with Crippen molar-refractivity contribution >= 4 is 40.8 Å². The molecule has 3 aromatic rings. The molecule has 1 heterocycles. The quantitative estimate of drug-likeness (QED) is 0.650. The number of carbonyl (C=O) groups is 2. The van der Waals surface area contributed by atoms with Crippen molar-refractivity contribution in [3.63, 3.8) is 0 Å². The summed E-state index contributed by atoms with van der Waals surface area (Å²) in [7, 11) is 1.31. The van der Waals surface area contributed by atoms with Crippen molar-refractivity contribution in [1.29, 1.82) is 0 Å². The number of esters is 1. The lowest BCUT2D eigenvalue weighted by Crippen LogP contribution is -2.15. The van der Waals surface area contributed by atoms with E-state index in [-0.39, 0.29) is 11.6 Å². The number of para-hydroxylation sites is 1. The highest BCUT2D eigenvalue weighted by atomic mass is 35.5. The number of amides is 1. The van der Waals surface area contributed by atoms with E-state index in [1.165, 1.54) is 19.4 Å². The van der Waals surface area contributed by atoms with Crippen LogP contribution in [0.25, 0.3) is 0 Å². The summed E-state index contributed by atoms with van der Waals surface area (Å²) in [5.74, 6) is -0.610. The summed E-state index contributed by atoms with van der Waals surface area (Å²) >= 11 is 6.10. The Kier molecular flexibility index (Phi) is 5.63. The number of carbonyl (C=O) groups excluding carboxylic acids is 2. The molecule has 0 unspecified atom stereocenters. The van der Waals surface area contributed by atoms with E-state index >= 15 is 0 Å². The molecule has 136 valence electrons. The second kappa shape index (κ2) is 8.29. The van der Waals surface area contributed by atoms with E-state index in [1.54, 1.807) is 36.4 Å². The third-order valence-corrected chi connectivity index (χ3v) is 3.90. The van der Waals surface area contributed by atoms with Gasteiger partial charge in [-0.2, -0.15) is 0 Å². The van der Waals surface area contributed by atoms with Crippen molar-refractivity contribution in [2.24, 2.45) is 0 Å². The van der Waals surface area contributed by atoms with Crippen LogP contribution >= 0.6 is 11.6 Å². The van der Waals surface area contributed by atoms with Crippen molar-refractivity contribution < 1.29 is 14.3 Å². The fraction of sp³-hybridized carbons (Fsp3) is 0.0526. The molecule has 0 atom stereocenters. The highest BCUT2D eigenvalue weighted by Gasteiger charge is 2.11. The van der Waals surface area contributed by atoms with Crippen LogP contribution in [0.5, 0.6) is 0 Å². The molecule has 7 nitrogen and oxygen atoms in total. The number of halogens is 1. The average molecular weight is 383 g/mol. The molecule has 0 fully saturated rings. The summed E-state index contributed by atoms with van der Waals surface area (Å²) in [6, 6.07) is 15.0. The van der Waals surface area contributed by atoms with E-state index in [4.69, 9.17) is 11.6 Å². The molecule has 1 amide bonds. The van der Waals surface area contributed by atoms with Crippen molar-refractivity contribution in [3.05, 3.63) is 77.1 Å². The van der Waals surface area contributed by atoms with Crippen LogP contribution in [0, 0.1) is 0 Å². The third-order valence-electron chi connectivity index (χ3n) is 3.57. The highest BCUT2D eigenvalue weighted by molar-refractivity contribution is 6.33. The average Bonchev–Trinajstić information content (AvgIpc) is 2.70. The van der Waals surface area contributed by atoms with E-state index in [9.17, 15) is 9.59 Å². The summed E-state index contributed by atoms with van der Waals surface area (Å²) in [5, 5.41) is 6.20. The largest absolute Gasteiger partial charge is 0.465 e. The molecule has 27 heavy (non-hydrogen) atoms. The Balaban J connectivity index is 1.72. The number of nitrogens with one attached hydrogen (secondary N) is 2. The Hall–Kier alpha value is -3.45. The Bertz CT molecular complexity index is 977. The molecule has 0 saturated heterocycles. The zero-order valence-electron chi connectivity index (χ0n) is 14.3. The minimum Gasteiger partial charge on any atom is -0.465 e. The van der Waals surface area contributed by atoms with Crippen LogP contribution in [0.4, 0.5) is 17.3 Å². The molecule has 0 spiro atoms. The molecule has 3 rings (SSSR count). The van der Waals surface area contributed by atoms with Crippen LogP contribution in [-0.2, 0) is 4.74 Å². The zero-order valence-corrected chi connectivity index (χ0v) is 15.0. The van der Waals surface area contributed by atoms with Crippen LogP contribution < -0.4 is 10.6 Å². The number of nitrogens with zero attached hydrogens (tertiary/aromatic N) is 2. The highest BCUT2D eigenvalue weighted by Crippen LogP contribution is 2.23. The molecule has 0 aliphatic heterocycles. The van der Waals surface area contributed by atoms with E-state index in [2.05, 4.69) is 25.3 Å². The lowest BCUT2D eigenvalue weighted by molar-refractivity contribution is 0.0600. The molecule has 8 heteroatoms. The van der Waals surface area contributed by atoms with Gasteiger partial charge in [-0.1, -0.05) is 23.7 Å². The molecule has 0 aliphatic rings. The zero-order chi connectivity index (χ0) is 19.2. The normalized spacial score (nSPS) is 10.1. The van der Waals surface area contributed by atoms with Gasteiger partial charge in [-0.25, -0.2) is 14.8 Å². The molecule has 0 saturated carbocycles. The lowest BCUT2D eigenvalue weighted by atomic mass is 10.2. The number of hydrogen-bond donors (Lipinski definition) is 2. The van der Waals surface area contributed by atoms with Crippen molar-refractivity contribution in [2.45, 2.75) is 0 Å². The maximum Gasteiger partial charge on any atom is 0.337 e. The van der Waals surface area contributed by atoms with E-state index in [1.807, 2.05) is 12.1 Å². The van der Waals surface area contributed by atoms with Gasteiger partial charge >= 0.3 is 5.97 Å². The third kappa shape index (κ3) is 4.59.